The number of aliphatic hydroxyl groups is 1. The number of benzene rings is 1. The molecule has 0 aliphatic rings. The van der Waals surface area contributed by atoms with Crippen molar-refractivity contribution in [2.75, 3.05) is 26.8 Å². The van der Waals surface area contributed by atoms with Gasteiger partial charge in [-0.05, 0) is 26.3 Å². The summed E-state index contributed by atoms with van der Waals surface area (Å²) in [6, 6.07) is 8.46. The summed E-state index contributed by atoms with van der Waals surface area (Å²) in [5, 5.41) is 10.2. The molecule has 18 heavy (non-hydrogen) atoms. The second kappa shape index (κ2) is 7.52. The minimum absolute atomic E-state index is 0.403. The van der Waals surface area contributed by atoms with Crippen LogP contribution in [0.3, 0.4) is 0 Å². The van der Waals surface area contributed by atoms with Crippen molar-refractivity contribution >= 4 is 0 Å². The van der Waals surface area contributed by atoms with Crippen molar-refractivity contribution in [1.29, 1.82) is 0 Å². The highest BCUT2D eigenvalue weighted by molar-refractivity contribution is 5.23. The molecule has 0 aromatic heterocycles. The summed E-state index contributed by atoms with van der Waals surface area (Å²) in [4.78, 5) is 2.23. The predicted octanol–water partition coefficient (Wildman–Crippen LogP) is 2.39. The van der Waals surface area contributed by atoms with E-state index in [-0.39, 0.29) is 0 Å². The van der Waals surface area contributed by atoms with Gasteiger partial charge < -0.3 is 9.84 Å². The molecule has 1 N–H and O–H groups in total. The van der Waals surface area contributed by atoms with Crippen molar-refractivity contribution in [3.05, 3.63) is 35.4 Å². The van der Waals surface area contributed by atoms with E-state index in [2.05, 4.69) is 25.7 Å². The predicted molar refractivity (Wildman–Crippen MR) is 74.7 cm³/mol. The van der Waals surface area contributed by atoms with Crippen LogP contribution in [0.4, 0.5) is 0 Å². The highest BCUT2D eigenvalue weighted by atomic mass is 16.5. The molecule has 0 saturated heterocycles. The second-order valence-electron chi connectivity index (χ2n) is 5.01. The summed E-state index contributed by atoms with van der Waals surface area (Å²) in [5.41, 5.74) is 2.19. The van der Waals surface area contributed by atoms with Gasteiger partial charge in [0.25, 0.3) is 0 Å². The Hall–Kier alpha value is -0.900. The Morgan fingerprint density at radius 1 is 1.22 bits per heavy atom. The zero-order chi connectivity index (χ0) is 13.5. The first kappa shape index (κ1) is 15.2. The number of nitrogens with zero attached hydrogens (tertiary/aromatic N) is 1. The van der Waals surface area contributed by atoms with Crippen molar-refractivity contribution in [3.63, 3.8) is 0 Å². The Balaban J connectivity index is 2.59. The van der Waals surface area contributed by atoms with E-state index in [4.69, 9.17) is 4.74 Å². The fourth-order valence-electron chi connectivity index (χ4n) is 1.88. The lowest BCUT2D eigenvalue weighted by atomic mass is 10.1. The van der Waals surface area contributed by atoms with Gasteiger partial charge in [0.1, 0.15) is 0 Å². The number of methoxy groups -OCH3 is 1. The quantitative estimate of drug-likeness (QED) is 0.807. The average Bonchev–Trinajstić information content (AvgIpc) is 2.34. The highest BCUT2D eigenvalue weighted by Gasteiger charge is 2.15. The molecule has 1 aromatic carbocycles. The Labute approximate surface area is 110 Å². The van der Waals surface area contributed by atoms with E-state index in [1.54, 1.807) is 7.11 Å². The van der Waals surface area contributed by atoms with Crippen LogP contribution in [-0.2, 0) is 4.74 Å². The molecule has 0 aliphatic heterocycles. The van der Waals surface area contributed by atoms with Crippen LogP contribution >= 0.6 is 0 Å². The Morgan fingerprint density at radius 3 is 2.33 bits per heavy atom. The first-order chi connectivity index (χ1) is 8.54. The minimum atomic E-state index is -0.440. The van der Waals surface area contributed by atoms with Gasteiger partial charge in [-0.15, -0.1) is 0 Å². The van der Waals surface area contributed by atoms with Crippen LogP contribution in [0.15, 0.2) is 24.3 Å². The van der Waals surface area contributed by atoms with Gasteiger partial charge in [-0.25, -0.2) is 0 Å². The Bertz CT molecular complexity index is 335. The molecule has 0 spiro atoms. The molecule has 0 radical (unpaired) electrons. The SMILES string of the molecule is COCCN(CC(O)c1ccc(C)cc1)C(C)C. The summed E-state index contributed by atoms with van der Waals surface area (Å²) in [7, 11) is 1.70. The number of rotatable bonds is 7. The number of aryl methyl sites for hydroxylation is 1. The summed E-state index contributed by atoms with van der Waals surface area (Å²) in [6.45, 7) is 8.50. The molecule has 0 aliphatic carbocycles. The molecule has 102 valence electrons. The fourth-order valence-corrected chi connectivity index (χ4v) is 1.88. The molecule has 1 atom stereocenters. The fraction of sp³-hybridized carbons (Fsp3) is 0.600. The van der Waals surface area contributed by atoms with E-state index in [0.29, 0.717) is 19.2 Å². The van der Waals surface area contributed by atoms with Gasteiger partial charge in [-0.1, -0.05) is 29.8 Å². The summed E-state index contributed by atoms with van der Waals surface area (Å²) < 4.78 is 5.10. The minimum Gasteiger partial charge on any atom is -0.387 e. The van der Waals surface area contributed by atoms with E-state index < -0.39 is 6.10 Å². The molecule has 0 fully saturated rings. The van der Waals surface area contributed by atoms with E-state index >= 15 is 0 Å². The second-order valence-corrected chi connectivity index (χ2v) is 5.01. The third-order valence-corrected chi connectivity index (χ3v) is 3.18. The maximum absolute atomic E-state index is 10.2. The summed E-state index contributed by atoms with van der Waals surface area (Å²) in [5.74, 6) is 0. The van der Waals surface area contributed by atoms with Crippen LogP contribution in [0, 0.1) is 6.92 Å². The maximum Gasteiger partial charge on any atom is 0.0917 e. The van der Waals surface area contributed by atoms with Gasteiger partial charge in [-0.3, -0.25) is 4.90 Å². The third-order valence-electron chi connectivity index (χ3n) is 3.18. The molecule has 0 saturated carbocycles. The van der Waals surface area contributed by atoms with E-state index in [1.807, 2.05) is 24.3 Å². The largest absolute Gasteiger partial charge is 0.387 e. The first-order valence-corrected chi connectivity index (χ1v) is 6.52. The van der Waals surface area contributed by atoms with Gasteiger partial charge in [-0.2, -0.15) is 0 Å². The topological polar surface area (TPSA) is 32.7 Å². The maximum atomic E-state index is 10.2. The van der Waals surface area contributed by atoms with Crippen LogP contribution in [0.1, 0.15) is 31.1 Å². The van der Waals surface area contributed by atoms with Crippen LogP contribution in [0.5, 0.6) is 0 Å². The van der Waals surface area contributed by atoms with Gasteiger partial charge in [0.15, 0.2) is 0 Å². The van der Waals surface area contributed by atoms with Gasteiger partial charge >= 0.3 is 0 Å². The van der Waals surface area contributed by atoms with Crippen LogP contribution in [0.2, 0.25) is 0 Å². The molecule has 3 nitrogen and oxygen atoms in total. The summed E-state index contributed by atoms with van der Waals surface area (Å²) in [6.07, 6.45) is -0.440. The standard InChI is InChI=1S/C15H25NO2/c1-12(2)16(9-10-18-4)11-15(17)14-7-5-13(3)6-8-14/h5-8,12,15,17H,9-11H2,1-4H3. The molecule has 3 heteroatoms. The lowest BCUT2D eigenvalue weighted by Gasteiger charge is -2.28. The van der Waals surface area contributed by atoms with Gasteiger partial charge in [0.2, 0.25) is 0 Å². The van der Waals surface area contributed by atoms with Crippen LogP contribution in [0.25, 0.3) is 0 Å². The van der Waals surface area contributed by atoms with E-state index in [0.717, 1.165) is 12.1 Å². The lowest BCUT2D eigenvalue weighted by molar-refractivity contribution is 0.0721. The molecule has 0 heterocycles. The van der Waals surface area contributed by atoms with Crippen LogP contribution in [-0.4, -0.2) is 42.9 Å². The first-order valence-electron chi connectivity index (χ1n) is 6.52. The number of ether oxygens (including phenoxy) is 1. The van der Waals surface area contributed by atoms with E-state index in [1.165, 1.54) is 5.56 Å². The number of hydrogen-bond donors (Lipinski definition) is 1. The number of aliphatic hydroxyl groups excluding tert-OH is 1. The number of hydrogen-bond acceptors (Lipinski definition) is 3. The Morgan fingerprint density at radius 2 is 1.83 bits per heavy atom. The monoisotopic (exact) mass is 251 g/mol. The molecule has 1 unspecified atom stereocenters. The third kappa shape index (κ3) is 4.77. The van der Waals surface area contributed by atoms with Gasteiger partial charge in [0, 0.05) is 26.2 Å². The smallest absolute Gasteiger partial charge is 0.0917 e. The molecule has 1 aromatic rings. The van der Waals surface area contributed by atoms with Crippen molar-refractivity contribution in [1.82, 2.24) is 4.90 Å². The zero-order valence-electron chi connectivity index (χ0n) is 11.9. The van der Waals surface area contributed by atoms with Crippen molar-refractivity contribution in [2.45, 2.75) is 32.9 Å². The summed E-state index contributed by atoms with van der Waals surface area (Å²) >= 11 is 0. The molecule has 0 amide bonds. The lowest BCUT2D eigenvalue weighted by Crippen LogP contribution is -2.37. The highest BCUT2D eigenvalue weighted by Crippen LogP contribution is 2.16. The van der Waals surface area contributed by atoms with Crippen molar-refractivity contribution < 1.29 is 9.84 Å². The molecular formula is C15H25NO2. The van der Waals surface area contributed by atoms with E-state index in [9.17, 15) is 5.11 Å². The van der Waals surface area contributed by atoms with Crippen molar-refractivity contribution in [2.24, 2.45) is 0 Å². The van der Waals surface area contributed by atoms with Gasteiger partial charge in [0.05, 0.1) is 12.7 Å². The molecular weight excluding hydrogens is 226 g/mol. The molecule has 0 bridgehead atoms. The van der Waals surface area contributed by atoms with Crippen molar-refractivity contribution in [3.8, 4) is 0 Å². The Kier molecular flexibility index (Phi) is 6.33. The molecule has 1 rings (SSSR count). The van der Waals surface area contributed by atoms with Crippen LogP contribution < -0.4 is 0 Å². The normalized spacial score (nSPS) is 13.3. The zero-order valence-corrected chi connectivity index (χ0v) is 11.9. The average molecular weight is 251 g/mol.